The van der Waals surface area contributed by atoms with Crippen molar-refractivity contribution in [2.24, 2.45) is 7.05 Å². The molecule has 6 aromatic rings. The lowest BCUT2D eigenvalue weighted by molar-refractivity contribution is -0.140. The standard InChI is InChI=1S/C26H15ClF3N5O2S/c1-34-12-16(23(33-34)26(28,29)30)15-7-4-8-17(27)21(15)20-9-18-22(38-20)24(36)35(25(37)32-18)19-11-31-10-13-5-2-3-6-14(13)19/h2-12H,1H3,(H,32,37). The van der Waals surface area contributed by atoms with E-state index in [0.717, 1.165) is 26.0 Å². The Morgan fingerprint density at radius 1 is 1.03 bits per heavy atom. The molecule has 0 radical (unpaired) electrons. The molecular weight excluding hydrogens is 539 g/mol. The first-order chi connectivity index (χ1) is 18.1. The number of aromatic amines is 1. The number of benzene rings is 2. The number of halogens is 4. The number of rotatable bonds is 3. The van der Waals surface area contributed by atoms with Gasteiger partial charge in [-0.15, -0.1) is 11.3 Å². The van der Waals surface area contributed by atoms with E-state index in [0.29, 0.717) is 21.5 Å². The highest BCUT2D eigenvalue weighted by atomic mass is 35.5. The average Bonchev–Trinajstić information content (AvgIpc) is 3.47. The summed E-state index contributed by atoms with van der Waals surface area (Å²) in [5.74, 6) is 0. The van der Waals surface area contributed by atoms with E-state index in [1.165, 1.54) is 25.5 Å². The molecular formula is C26H15ClF3N5O2S. The van der Waals surface area contributed by atoms with Crippen LogP contribution < -0.4 is 11.2 Å². The number of aryl methyl sites for hydroxylation is 1. The van der Waals surface area contributed by atoms with Gasteiger partial charge in [-0.2, -0.15) is 18.3 Å². The van der Waals surface area contributed by atoms with Gasteiger partial charge in [-0.05, 0) is 17.7 Å². The zero-order chi connectivity index (χ0) is 26.8. The second kappa shape index (κ2) is 8.67. The summed E-state index contributed by atoms with van der Waals surface area (Å²) in [6.07, 6.45) is -0.353. The van der Waals surface area contributed by atoms with Crippen LogP contribution in [0.2, 0.25) is 5.02 Å². The Hall–Kier alpha value is -4.22. The van der Waals surface area contributed by atoms with Crippen LogP contribution in [-0.4, -0.2) is 24.3 Å². The number of fused-ring (bicyclic) bond motifs is 2. The van der Waals surface area contributed by atoms with Crippen LogP contribution in [-0.2, 0) is 13.2 Å². The van der Waals surface area contributed by atoms with Crippen LogP contribution in [0, 0.1) is 0 Å². The first-order valence-corrected chi connectivity index (χ1v) is 12.3. The molecule has 0 aliphatic rings. The monoisotopic (exact) mass is 553 g/mol. The van der Waals surface area contributed by atoms with Crippen LogP contribution in [0.25, 0.3) is 48.2 Å². The lowest BCUT2D eigenvalue weighted by Crippen LogP contribution is -2.33. The van der Waals surface area contributed by atoms with Crippen LogP contribution in [0.5, 0.6) is 0 Å². The lowest BCUT2D eigenvalue weighted by Gasteiger charge is -2.11. The second-order valence-corrected chi connectivity index (χ2v) is 9.99. The molecule has 0 aliphatic heterocycles. The molecule has 1 N–H and O–H groups in total. The number of pyridine rings is 1. The van der Waals surface area contributed by atoms with Crippen molar-refractivity contribution in [1.29, 1.82) is 0 Å². The molecule has 0 saturated heterocycles. The molecule has 0 amide bonds. The van der Waals surface area contributed by atoms with Crippen molar-refractivity contribution in [2.45, 2.75) is 6.18 Å². The molecule has 12 heteroatoms. The van der Waals surface area contributed by atoms with Gasteiger partial charge in [0.1, 0.15) is 4.70 Å². The van der Waals surface area contributed by atoms with E-state index in [-0.39, 0.29) is 26.4 Å². The summed E-state index contributed by atoms with van der Waals surface area (Å²) in [6.45, 7) is 0. The maximum atomic E-state index is 13.8. The number of nitrogens with one attached hydrogen (secondary N) is 1. The maximum Gasteiger partial charge on any atom is 0.435 e. The van der Waals surface area contributed by atoms with Crippen molar-refractivity contribution in [3.63, 3.8) is 0 Å². The van der Waals surface area contributed by atoms with E-state index >= 15 is 0 Å². The number of aromatic nitrogens is 5. The van der Waals surface area contributed by atoms with E-state index in [1.54, 1.807) is 36.5 Å². The Labute approximate surface area is 220 Å². The predicted molar refractivity (Wildman–Crippen MR) is 141 cm³/mol. The summed E-state index contributed by atoms with van der Waals surface area (Å²) in [5.41, 5.74) is -1.39. The maximum absolute atomic E-state index is 13.8. The fourth-order valence-electron chi connectivity index (χ4n) is 4.52. The lowest BCUT2D eigenvalue weighted by atomic mass is 9.98. The highest BCUT2D eigenvalue weighted by molar-refractivity contribution is 7.22. The third-order valence-electron chi connectivity index (χ3n) is 6.11. The Morgan fingerprint density at radius 2 is 1.82 bits per heavy atom. The number of hydrogen-bond donors (Lipinski definition) is 1. The van der Waals surface area contributed by atoms with Crippen molar-refractivity contribution >= 4 is 43.9 Å². The molecule has 0 spiro atoms. The van der Waals surface area contributed by atoms with Gasteiger partial charge in [-0.1, -0.05) is 48.0 Å². The third-order valence-corrected chi connectivity index (χ3v) is 7.57. The van der Waals surface area contributed by atoms with Crippen LogP contribution in [0.3, 0.4) is 0 Å². The van der Waals surface area contributed by atoms with E-state index in [2.05, 4.69) is 15.1 Å². The van der Waals surface area contributed by atoms with Gasteiger partial charge in [0.2, 0.25) is 0 Å². The van der Waals surface area contributed by atoms with Crippen LogP contribution in [0.1, 0.15) is 5.69 Å². The molecule has 0 atom stereocenters. The molecule has 0 aliphatic carbocycles. The van der Waals surface area contributed by atoms with Crippen molar-refractivity contribution in [3.8, 4) is 27.3 Å². The fraction of sp³-hybridized carbons (Fsp3) is 0.0769. The van der Waals surface area contributed by atoms with Crippen LogP contribution in [0.4, 0.5) is 13.2 Å². The van der Waals surface area contributed by atoms with Crippen molar-refractivity contribution in [3.05, 3.63) is 98.7 Å². The number of thiophene rings is 1. The number of alkyl halides is 3. The minimum absolute atomic E-state index is 0.150. The molecule has 7 nitrogen and oxygen atoms in total. The van der Waals surface area contributed by atoms with Crippen molar-refractivity contribution in [2.75, 3.05) is 0 Å². The molecule has 0 bridgehead atoms. The van der Waals surface area contributed by atoms with Gasteiger partial charge in [-0.3, -0.25) is 14.5 Å². The Balaban J connectivity index is 1.60. The number of nitrogens with zero attached hydrogens (tertiary/aromatic N) is 4. The summed E-state index contributed by atoms with van der Waals surface area (Å²) in [6, 6.07) is 13.4. The molecule has 190 valence electrons. The molecule has 4 heterocycles. The van der Waals surface area contributed by atoms with Crippen molar-refractivity contribution < 1.29 is 13.2 Å². The van der Waals surface area contributed by atoms with E-state index in [4.69, 9.17) is 11.6 Å². The zero-order valence-corrected chi connectivity index (χ0v) is 20.9. The molecule has 0 saturated carbocycles. The predicted octanol–water partition coefficient (Wildman–Crippen LogP) is 6.03. The van der Waals surface area contributed by atoms with Crippen LogP contribution >= 0.6 is 22.9 Å². The topological polar surface area (TPSA) is 85.6 Å². The second-order valence-electron chi connectivity index (χ2n) is 8.53. The number of H-pyrrole nitrogens is 1. The summed E-state index contributed by atoms with van der Waals surface area (Å²) >= 11 is 7.54. The van der Waals surface area contributed by atoms with Gasteiger partial charge >= 0.3 is 11.9 Å². The number of hydrogen-bond acceptors (Lipinski definition) is 5. The summed E-state index contributed by atoms with van der Waals surface area (Å²) in [7, 11) is 1.40. The summed E-state index contributed by atoms with van der Waals surface area (Å²) in [4.78, 5) is 34.0. The molecule has 38 heavy (non-hydrogen) atoms. The normalized spacial score (nSPS) is 12.0. The van der Waals surface area contributed by atoms with E-state index in [9.17, 15) is 22.8 Å². The van der Waals surface area contributed by atoms with Gasteiger partial charge in [0, 0.05) is 51.2 Å². The first kappa shape index (κ1) is 24.1. The highest BCUT2D eigenvalue weighted by Crippen LogP contribution is 2.45. The van der Waals surface area contributed by atoms with Crippen molar-refractivity contribution in [1.82, 2.24) is 24.3 Å². The summed E-state index contributed by atoms with van der Waals surface area (Å²) in [5, 5.41) is 5.21. The largest absolute Gasteiger partial charge is 0.435 e. The molecule has 4 aromatic heterocycles. The van der Waals surface area contributed by atoms with E-state index < -0.39 is 23.1 Å². The Morgan fingerprint density at radius 3 is 2.61 bits per heavy atom. The SMILES string of the molecule is Cn1cc(-c2cccc(Cl)c2-c2cc3[nH]c(=O)n(-c4cncc5ccccc45)c(=O)c3s2)c(C(F)(F)F)n1. The van der Waals surface area contributed by atoms with Crippen LogP contribution in [0.15, 0.2) is 76.7 Å². The quantitative estimate of drug-likeness (QED) is 0.290. The first-order valence-electron chi connectivity index (χ1n) is 11.2. The molecule has 0 fully saturated rings. The Kier molecular flexibility index (Phi) is 5.51. The summed E-state index contributed by atoms with van der Waals surface area (Å²) < 4.78 is 43.6. The molecule has 0 unspecified atom stereocenters. The molecule has 2 aromatic carbocycles. The van der Waals surface area contributed by atoms with Gasteiger partial charge in [-0.25, -0.2) is 9.36 Å². The van der Waals surface area contributed by atoms with E-state index in [1.807, 2.05) is 12.1 Å². The minimum Gasteiger partial charge on any atom is -0.306 e. The van der Waals surface area contributed by atoms with Gasteiger partial charge in [0.25, 0.3) is 5.56 Å². The average molecular weight is 554 g/mol. The third kappa shape index (κ3) is 3.82. The Bertz CT molecular complexity index is 2000. The highest BCUT2D eigenvalue weighted by Gasteiger charge is 2.38. The zero-order valence-electron chi connectivity index (χ0n) is 19.4. The fourth-order valence-corrected chi connectivity index (χ4v) is 5.97. The van der Waals surface area contributed by atoms with Gasteiger partial charge < -0.3 is 4.98 Å². The molecule has 6 rings (SSSR count). The smallest absolute Gasteiger partial charge is 0.306 e. The van der Waals surface area contributed by atoms with Gasteiger partial charge in [0.15, 0.2) is 5.69 Å². The minimum atomic E-state index is -4.69. The van der Waals surface area contributed by atoms with Gasteiger partial charge in [0.05, 0.1) is 17.4 Å².